The first-order chi connectivity index (χ1) is 9.91. The van der Waals surface area contributed by atoms with Gasteiger partial charge in [0.2, 0.25) is 0 Å². The maximum absolute atomic E-state index is 12.2. The first kappa shape index (κ1) is 15.9. The van der Waals surface area contributed by atoms with E-state index >= 15 is 0 Å². The van der Waals surface area contributed by atoms with Crippen LogP contribution >= 0.6 is 15.9 Å². The largest absolute Gasteiger partial charge is 0.381 e. The van der Waals surface area contributed by atoms with Crippen LogP contribution in [0.2, 0.25) is 0 Å². The van der Waals surface area contributed by atoms with E-state index in [2.05, 4.69) is 28.2 Å². The van der Waals surface area contributed by atoms with Crippen LogP contribution in [0.5, 0.6) is 0 Å². The Morgan fingerprint density at radius 1 is 1.48 bits per heavy atom. The summed E-state index contributed by atoms with van der Waals surface area (Å²) in [5, 5.41) is 13.7. The SMILES string of the molecule is CC1(CNC(=O)c2cc([N+](=O)[O-])ccc2Br)CCOCC1. The maximum Gasteiger partial charge on any atom is 0.270 e. The molecule has 6 nitrogen and oxygen atoms in total. The highest BCUT2D eigenvalue weighted by molar-refractivity contribution is 9.10. The lowest BCUT2D eigenvalue weighted by atomic mass is 9.82. The number of hydrogen-bond donors (Lipinski definition) is 1. The summed E-state index contributed by atoms with van der Waals surface area (Å²) in [5.74, 6) is -0.307. The van der Waals surface area contributed by atoms with Crippen molar-refractivity contribution in [3.63, 3.8) is 0 Å². The predicted octanol–water partition coefficient (Wildman–Crippen LogP) is 2.90. The minimum atomic E-state index is -0.511. The van der Waals surface area contributed by atoms with E-state index in [1.165, 1.54) is 18.2 Å². The molecular weight excluding hydrogens is 340 g/mol. The van der Waals surface area contributed by atoms with Crippen LogP contribution < -0.4 is 5.32 Å². The molecule has 1 aliphatic heterocycles. The predicted molar refractivity (Wildman–Crippen MR) is 81.3 cm³/mol. The second-order valence-electron chi connectivity index (χ2n) is 5.53. The lowest BCUT2D eigenvalue weighted by Gasteiger charge is -2.33. The zero-order valence-electron chi connectivity index (χ0n) is 11.7. The molecule has 21 heavy (non-hydrogen) atoms. The fraction of sp³-hybridized carbons (Fsp3) is 0.500. The lowest BCUT2D eigenvalue weighted by Crippen LogP contribution is -2.39. The standard InChI is InChI=1S/C14H17BrN2O4/c1-14(4-6-21-7-5-14)9-16-13(18)11-8-10(17(19)20)2-3-12(11)15/h2-3,8H,4-7,9H2,1H3,(H,16,18). The smallest absolute Gasteiger partial charge is 0.270 e. The summed E-state index contributed by atoms with van der Waals surface area (Å²) in [4.78, 5) is 22.5. The molecule has 0 aliphatic carbocycles. The van der Waals surface area contributed by atoms with Gasteiger partial charge in [-0.2, -0.15) is 0 Å². The van der Waals surface area contributed by atoms with E-state index in [-0.39, 0.29) is 22.6 Å². The number of nitro groups is 1. The molecule has 1 amide bonds. The van der Waals surface area contributed by atoms with Gasteiger partial charge in [-0.25, -0.2) is 0 Å². The van der Waals surface area contributed by atoms with Crippen LogP contribution in [0.1, 0.15) is 30.1 Å². The number of carbonyl (C=O) groups excluding carboxylic acids is 1. The number of nitrogens with one attached hydrogen (secondary N) is 1. The Hall–Kier alpha value is -1.47. The fourth-order valence-electron chi connectivity index (χ4n) is 2.23. The van der Waals surface area contributed by atoms with Crippen LogP contribution in [0.25, 0.3) is 0 Å². The van der Waals surface area contributed by atoms with Crippen LogP contribution in [-0.4, -0.2) is 30.6 Å². The number of hydrogen-bond acceptors (Lipinski definition) is 4. The van der Waals surface area contributed by atoms with E-state index in [0.29, 0.717) is 24.2 Å². The summed E-state index contributed by atoms with van der Waals surface area (Å²) >= 11 is 3.26. The summed E-state index contributed by atoms with van der Waals surface area (Å²) in [6.45, 7) is 4.04. The zero-order valence-corrected chi connectivity index (χ0v) is 13.3. The van der Waals surface area contributed by atoms with Crippen molar-refractivity contribution in [1.82, 2.24) is 5.32 Å². The lowest BCUT2D eigenvalue weighted by molar-refractivity contribution is -0.384. The van der Waals surface area contributed by atoms with E-state index in [4.69, 9.17) is 4.74 Å². The van der Waals surface area contributed by atoms with Gasteiger partial charge in [-0.3, -0.25) is 14.9 Å². The molecule has 7 heteroatoms. The molecule has 1 aliphatic rings. The molecule has 0 saturated carbocycles. The monoisotopic (exact) mass is 356 g/mol. The summed E-state index contributed by atoms with van der Waals surface area (Å²) in [6, 6.07) is 4.16. The first-order valence-electron chi connectivity index (χ1n) is 6.71. The molecule has 1 aromatic rings. The molecule has 1 fully saturated rings. The molecular formula is C14H17BrN2O4. The quantitative estimate of drug-likeness (QED) is 0.664. The van der Waals surface area contributed by atoms with Gasteiger partial charge in [0.25, 0.3) is 11.6 Å². The summed E-state index contributed by atoms with van der Waals surface area (Å²) < 4.78 is 5.87. The van der Waals surface area contributed by atoms with Gasteiger partial charge in [-0.15, -0.1) is 0 Å². The molecule has 0 radical (unpaired) electrons. The second-order valence-corrected chi connectivity index (χ2v) is 6.38. The van der Waals surface area contributed by atoms with Gasteiger partial charge < -0.3 is 10.1 Å². The first-order valence-corrected chi connectivity index (χ1v) is 7.50. The van der Waals surface area contributed by atoms with Crippen molar-refractivity contribution in [1.29, 1.82) is 0 Å². The molecule has 2 rings (SSSR count). The van der Waals surface area contributed by atoms with Crippen LogP contribution in [-0.2, 0) is 4.74 Å². The van der Waals surface area contributed by atoms with Crippen LogP contribution in [0.4, 0.5) is 5.69 Å². The second kappa shape index (κ2) is 6.53. The van der Waals surface area contributed by atoms with E-state index in [1.807, 2.05) is 0 Å². The number of nitro benzene ring substituents is 1. The van der Waals surface area contributed by atoms with Crippen molar-refractivity contribution in [2.45, 2.75) is 19.8 Å². The summed E-state index contributed by atoms with van der Waals surface area (Å²) in [6.07, 6.45) is 1.78. The maximum atomic E-state index is 12.2. The third kappa shape index (κ3) is 4.01. The third-order valence-electron chi connectivity index (χ3n) is 3.78. The normalized spacial score (nSPS) is 17.2. The number of carbonyl (C=O) groups is 1. The molecule has 0 atom stereocenters. The van der Waals surface area contributed by atoms with Gasteiger partial charge in [-0.05, 0) is 40.3 Å². The van der Waals surface area contributed by atoms with Gasteiger partial charge in [0.05, 0.1) is 10.5 Å². The molecule has 1 heterocycles. The molecule has 1 aromatic carbocycles. The highest BCUT2D eigenvalue weighted by Crippen LogP contribution is 2.29. The number of amides is 1. The number of non-ortho nitro benzene ring substituents is 1. The molecule has 1 saturated heterocycles. The third-order valence-corrected chi connectivity index (χ3v) is 4.47. The fourth-order valence-corrected chi connectivity index (χ4v) is 2.66. The Kier molecular flexibility index (Phi) is 4.95. The van der Waals surface area contributed by atoms with Crippen molar-refractivity contribution < 1.29 is 14.5 Å². The average Bonchev–Trinajstić information content (AvgIpc) is 2.46. The van der Waals surface area contributed by atoms with E-state index < -0.39 is 4.92 Å². The number of rotatable bonds is 4. The van der Waals surface area contributed by atoms with Crippen molar-refractivity contribution >= 4 is 27.5 Å². The van der Waals surface area contributed by atoms with Crippen molar-refractivity contribution in [2.24, 2.45) is 5.41 Å². The minimum absolute atomic E-state index is 0.0150. The van der Waals surface area contributed by atoms with Crippen molar-refractivity contribution in [2.75, 3.05) is 19.8 Å². The summed E-state index contributed by atoms with van der Waals surface area (Å²) in [7, 11) is 0. The Morgan fingerprint density at radius 3 is 2.76 bits per heavy atom. The van der Waals surface area contributed by atoms with Gasteiger partial charge in [0, 0.05) is 36.4 Å². The highest BCUT2D eigenvalue weighted by Gasteiger charge is 2.28. The zero-order chi connectivity index (χ0) is 15.5. The van der Waals surface area contributed by atoms with Gasteiger partial charge in [0.15, 0.2) is 0 Å². The number of nitrogens with zero attached hydrogens (tertiary/aromatic N) is 1. The van der Waals surface area contributed by atoms with Gasteiger partial charge in [-0.1, -0.05) is 6.92 Å². The molecule has 0 spiro atoms. The minimum Gasteiger partial charge on any atom is -0.381 e. The molecule has 0 aromatic heterocycles. The molecule has 1 N–H and O–H groups in total. The van der Waals surface area contributed by atoms with Gasteiger partial charge >= 0.3 is 0 Å². The Bertz CT molecular complexity index is 556. The Labute approximate surface area is 131 Å². The van der Waals surface area contributed by atoms with E-state index in [9.17, 15) is 14.9 Å². The molecule has 0 unspecified atom stereocenters. The van der Waals surface area contributed by atoms with Crippen LogP contribution in [0, 0.1) is 15.5 Å². The number of ether oxygens (including phenoxy) is 1. The van der Waals surface area contributed by atoms with Crippen molar-refractivity contribution in [3.8, 4) is 0 Å². The molecule has 0 bridgehead atoms. The highest BCUT2D eigenvalue weighted by atomic mass is 79.9. The van der Waals surface area contributed by atoms with E-state index in [0.717, 1.165) is 12.8 Å². The Balaban J connectivity index is 2.06. The molecule has 114 valence electrons. The Morgan fingerprint density at radius 2 is 2.14 bits per heavy atom. The number of benzene rings is 1. The van der Waals surface area contributed by atoms with Crippen molar-refractivity contribution in [3.05, 3.63) is 38.3 Å². The number of halogens is 1. The van der Waals surface area contributed by atoms with Crippen LogP contribution in [0.15, 0.2) is 22.7 Å². The van der Waals surface area contributed by atoms with E-state index in [1.54, 1.807) is 0 Å². The van der Waals surface area contributed by atoms with Gasteiger partial charge in [0.1, 0.15) is 0 Å². The topological polar surface area (TPSA) is 81.5 Å². The van der Waals surface area contributed by atoms with Crippen LogP contribution in [0.3, 0.4) is 0 Å². The average molecular weight is 357 g/mol. The summed E-state index contributed by atoms with van der Waals surface area (Å²) in [5.41, 5.74) is 0.196.